The fourth-order valence-corrected chi connectivity index (χ4v) is 2.08. The number of nitrogens with one attached hydrogen (secondary N) is 2. The lowest BCUT2D eigenvalue weighted by molar-refractivity contribution is -0.119. The molecule has 0 spiro atoms. The van der Waals surface area contributed by atoms with Crippen molar-refractivity contribution in [1.82, 2.24) is 5.43 Å². The highest BCUT2D eigenvalue weighted by Crippen LogP contribution is 2.24. The number of anilines is 1. The van der Waals surface area contributed by atoms with Crippen LogP contribution < -0.4 is 15.5 Å². The van der Waals surface area contributed by atoms with E-state index >= 15 is 0 Å². The molecule has 1 amide bonds. The summed E-state index contributed by atoms with van der Waals surface area (Å²) in [5, 5.41) is 7.66. The molecule has 0 heterocycles. The van der Waals surface area contributed by atoms with Crippen LogP contribution in [0.25, 0.3) is 0 Å². The second kappa shape index (κ2) is 8.41. The molecule has 23 heavy (non-hydrogen) atoms. The van der Waals surface area contributed by atoms with Crippen LogP contribution in [-0.2, 0) is 4.79 Å². The Balaban J connectivity index is 1.82. The summed E-state index contributed by atoms with van der Waals surface area (Å²) < 4.78 is 5.06. The van der Waals surface area contributed by atoms with Crippen molar-refractivity contribution >= 4 is 41.0 Å². The maximum atomic E-state index is 11.7. The zero-order valence-corrected chi connectivity index (χ0v) is 13.9. The van der Waals surface area contributed by atoms with E-state index in [1.165, 1.54) is 6.21 Å². The van der Waals surface area contributed by atoms with Crippen molar-refractivity contribution in [3.63, 3.8) is 0 Å². The Labute approximate surface area is 144 Å². The number of carbonyl (C=O) groups is 1. The van der Waals surface area contributed by atoms with E-state index in [1.54, 1.807) is 37.4 Å². The molecular weight excluding hydrogens is 337 g/mol. The Morgan fingerprint density at radius 2 is 1.96 bits per heavy atom. The number of benzene rings is 2. The number of ether oxygens (including phenoxy) is 1. The van der Waals surface area contributed by atoms with Crippen LogP contribution in [0.1, 0.15) is 5.56 Å². The Kier molecular flexibility index (Phi) is 6.26. The first kappa shape index (κ1) is 17.1. The van der Waals surface area contributed by atoms with Gasteiger partial charge in [-0.05, 0) is 30.3 Å². The molecule has 0 radical (unpaired) electrons. The molecule has 0 fully saturated rings. The van der Waals surface area contributed by atoms with Gasteiger partial charge < -0.3 is 10.1 Å². The van der Waals surface area contributed by atoms with Crippen LogP contribution in [0.3, 0.4) is 0 Å². The third-order valence-electron chi connectivity index (χ3n) is 2.92. The van der Waals surface area contributed by atoms with Crippen molar-refractivity contribution in [2.75, 3.05) is 19.0 Å². The summed E-state index contributed by atoms with van der Waals surface area (Å²) in [6, 6.07) is 12.4. The van der Waals surface area contributed by atoms with E-state index in [1.807, 2.05) is 12.1 Å². The SMILES string of the molecule is COc1ccc(NCC(=O)N/N=C/c2cccc(Cl)c2Cl)cc1. The zero-order valence-electron chi connectivity index (χ0n) is 12.3. The quantitative estimate of drug-likeness (QED) is 0.617. The number of hydrazone groups is 1. The first-order valence-corrected chi connectivity index (χ1v) is 7.49. The van der Waals surface area contributed by atoms with Crippen LogP contribution in [0.4, 0.5) is 5.69 Å². The number of methoxy groups -OCH3 is 1. The van der Waals surface area contributed by atoms with Gasteiger partial charge in [0.15, 0.2) is 0 Å². The maximum absolute atomic E-state index is 11.7. The molecule has 2 aromatic carbocycles. The van der Waals surface area contributed by atoms with Crippen molar-refractivity contribution in [1.29, 1.82) is 0 Å². The number of hydrogen-bond acceptors (Lipinski definition) is 4. The molecule has 2 rings (SSSR count). The minimum Gasteiger partial charge on any atom is -0.497 e. The Bertz CT molecular complexity index is 703. The Hall–Kier alpha value is -2.24. The van der Waals surface area contributed by atoms with Gasteiger partial charge in [0.05, 0.1) is 29.9 Å². The summed E-state index contributed by atoms with van der Waals surface area (Å²) in [6.07, 6.45) is 1.44. The number of hydrogen-bond donors (Lipinski definition) is 2. The fraction of sp³-hybridized carbons (Fsp3) is 0.125. The van der Waals surface area contributed by atoms with Crippen LogP contribution in [0.2, 0.25) is 10.0 Å². The lowest BCUT2D eigenvalue weighted by atomic mass is 10.2. The molecule has 2 aromatic rings. The molecule has 0 aromatic heterocycles. The molecular formula is C16H15Cl2N3O2. The molecule has 120 valence electrons. The van der Waals surface area contributed by atoms with E-state index < -0.39 is 0 Å². The van der Waals surface area contributed by atoms with Gasteiger partial charge in [0.1, 0.15) is 5.75 Å². The molecule has 0 bridgehead atoms. The lowest BCUT2D eigenvalue weighted by Crippen LogP contribution is -2.25. The van der Waals surface area contributed by atoms with Crippen molar-refractivity contribution in [3.8, 4) is 5.75 Å². The van der Waals surface area contributed by atoms with Gasteiger partial charge in [0.25, 0.3) is 5.91 Å². The molecule has 2 N–H and O–H groups in total. The topological polar surface area (TPSA) is 62.7 Å². The van der Waals surface area contributed by atoms with Crippen LogP contribution >= 0.6 is 23.2 Å². The number of halogens is 2. The van der Waals surface area contributed by atoms with E-state index in [2.05, 4.69) is 15.8 Å². The van der Waals surface area contributed by atoms with Crippen LogP contribution in [0, 0.1) is 0 Å². The second-order valence-electron chi connectivity index (χ2n) is 4.52. The minimum atomic E-state index is -0.282. The standard InChI is InChI=1S/C16H15Cl2N3O2/c1-23-13-7-5-12(6-8-13)19-10-15(22)21-20-9-11-3-2-4-14(17)16(11)18/h2-9,19H,10H2,1H3,(H,21,22)/b20-9+. The van der Waals surface area contributed by atoms with E-state index in [-0.39, 0.29) is 12.5 Å². The first-order valence-electron chi connectivity index (χ1n) is 6.74. The molecule has 0 atom stereocenters. The predicted molar refractivity (Wildman–Crippen MR) is 93.7 cm³/mol. The second-order valence-corrected chi connectivity index (χ2v) is 5.30. The van der Waals surface area contributed by atoms with Gasteiger partial charge in [0, 0.05) is 11.3 Å². The summed E-state index contributed by atoms with van der Waals surface area (Å²) in [7, 11) is 1.60. The first-order chi connectivity index (χ1) is 11.1. The Morgan fingerprint density at radius 3 is 2.65 bits per heavy atom. The van der Waals surface area contributed by atoms with E-state index in [9.17, 15) is 4.79 Å². The van der Waals surface area contributed by atoms with Gasteiger partial charge in [-0.15, -0.1) is 0 Å². The molecule has 0 saturated heterocycles. The van der Waals surface area contributed by atoms with Crippen LogP contribution in [0.15, 0.2) is 47.6 Å². The summed E-state index contributed by atoms with van der Waals surface area (Å²) in [5.74, 6) is 0.471. The molecule has 7 heteroatoms. The summed E-state index contributed by atoms with van der Waals surface area (Å²) in [6.45, 7) is 0.0902. The van der Waals surface area contributed by atoms with Crippen LogP contribution in [0.5, 0.6) is 5.75 Å². The largest absolute Gasteiger partial charge is 0.497 e. The van der Waals surface area contributed by atoms with Crippen molar-refractivity contribution in [2.45, 2.75) is 0 Å². The van der Waals surface area contributed by atoms with E-state index in [0.29, 0.717) is 15.6 Å². The number of rotatable bonds is 6. The van der Waals surface area contributed by atoms with Crippen molar-refractivity contribution < 1.29 is 9.53 Å². The molecule has 0 aliphatic rings. The minimum absolute atomic E-state index is 0.0902. The molecule has 0 unspecified atom stereocenters. The normalized spacial score (nSPS) is 10.6. The summed E-state index contributed by atoms with van der Waals surface area (Å²) >= 11 is 11.9. The third-order valence-corrected chi connectivity index (χ3v) is 3.75. The van der Waals surface area contributed by atoms with Gasteiger partial charge in [0.2, 0.25) is 0 Å². The number of amides is 1. The number of nitrogens with zero attached hydrogens (tertiary/aromatic N) is 1. The predicted octanol–water partition coefficient (Wildman–Crippen LogP) is 3.56. The average Bonchev–Trinajstić information content (AvgIpc) is 2.57. The van der Waals surface area contributed by atoms with Gasteiger partial charge >= 0.3 is 0 Å². The molecule has 5 nitrogen and oxygen atoms in total. The maximum Gasteiger partial charge on any atom is 0.259 e. The summed E-state index contributed by atoms with van der Waals surface area (Å²) in [5.41, 5.74) is 3.85. The van der Waals surface area contributed by atoms with Crippen molar-refractivity contribution in [3.05, 3.63) is 58.1 Å². The van der Waals surface area contributed by atoms with Gasteiger partial charge in [-0.25, -0.2) is 5.43 Å². The molecule has 0 aliphatic heterocycles. The molecule has 0 aliphatic carbocycles. The monoisotopic (exact) mass is 351 g/mol. The lowest BCUT2D eigenvalue weighted by Gasteiger charge is -2.06. The summed E-state index contributed by atoms with van der Waals surface area (Å²) in [4.78, 5) is 11.7. The van der Waals surface area contributed by atoms with Gasteiger partial charge in [-0.1, -0.05) is 35.3 Å². The number of carbonyl (C=O) groups excluding carboxylic acids is 1. The highest BCUT2D eigenvalue weighted by Gasteiger charge is 2.02. The third kappa shape index (κ3) is 5.16. The highest BCUT2D eigenvalue weighted by atomic mass is 35.5. The zero-order chi connectivity index (χ0) is 16.7. The van der Waals surface area contributed by atoms with Crippen LogP contribution in [-0.4, -0.2) is 25.8 Å². The van der Waals surface area contributed by atoms with Gasteiger partial charge in [-0.3, -0.25) is 4.79 Å². The smallest absolute Gasteiger partial charge is 0.259 e. The van der Waals surface area contributed by atoms with E-state index in [0.717, 1.165) is 11.4 Å². The Morgan fingerprint density at radius 1 is 1.22 bits per heavy atom. The fourth-order valence-electron chi connectivity index (χ4n) is 1.72. The van der Waals surface area contributed by atoms with E-state index in [4.69, 9.17) is 27.9 Å². The average molecular weight is 352 g/mol. The van der Waals surface area contributed by atoms with Crippen molar-refractivity contribution in [2.24, 2.45) is 5.10 Å². The highest BCUT2D eigenvalue weighted by molar-refractivity contribution is 6.43. The van der Waals surface area contributed by atoms with Gasteiger partial charge in [-0.2, -0.15) is 5.10 Å². The molecule has 0 saturated carbocycles.